The van der Waals surface area contributed by atoms with Gasteiger partial charge in [0.15, 0.2) is 8.07 Å². The maximum atomic E-state index is 2.64. The number of hydrogen-bond acceptors (Lipinski definition) is 1. The first-order chi connectivity index (χ1) is 19.4. The van der Waals surface area contributed by atoms with Gasteiger partial charge in [0.1, 0.15) is 0 Å². The Morgan fingerprint density at radius 2 is 1.12 bits per heavy atom. The molecular formula is C38H39NSi. The fraction of sp³-hybridized carbons (Fsp3) is 0.211. The van der Waals surface area contributed by atoms with E-state index in [1.165, 1.54) is 43.1 Å². The monoisotopic (exact) mass is 537 g/mol. The van der Waals surface area contributed by atoms with E-state index in [1.807, 2.05) is 0 Å². The Kier molecular flexibility index (Phi) is 6.98. The molecule has 40 heavy (non-hydrogen) atoms. The zero-order chi connectivity index (χ0) is 27.7. The van der Waals surface area contributed by atoms with Crippen LogP contribution in [0.1, 0.15) is 49.8 Å². The Balaban J connectivity index is 1.46. The van der Waals surface area contributed by atoms with Gasteiger partial charge in [0, 0.05) is 17.8 Å². The van der Waals surface area contributed by atoms with Gasteiger partial charge in [-0.25, -0.2) is 0 Å². The molecule has 5 aromatic carbocycles. The summed E-state index contributed by atoms with van der Waals surface area (Å²) in [6.07, 6.45) is 1.16. The summed E-state index contributed by atoms with van der Waals surface area (Å²) in [6.45, 7) is 10.3. The highest BCUT2D eigenvalue weighted by molar-refractivity contribution is 7.19. The number of rotatable bonds is 6. The largest absolute Gasteiger partial charge is 0.362 e. The summed E-state index contributed by atoms with van der Waals surface area (Å²) in [4.78, 5) is 2.64. The van der Waals surface area contributed by atoms with Crippen LogP contribution in [0.3, 0.4) is 0 Å². The van der Waals surface area contributed by atoms with Gasteiger partial charge >= 0.3 is 0 Å². The highest BCUT2D eigenvalue weighted by Crippen LogP contribution is 2.44. The topological polar surface area (TPSA) is 3.24 Å². The molecule has 0 bridgehead atoms. The van der Waals surface area contributed by atoms with Crippen LogP contribution in [0.5, 0.6) is 0 Å². The average molecular weight is 538 g/mol. The fourth-order valence-corrected chi connectivity index (χ4v) is 11.8. The normalized spacial score (nSPS) is 16.4. The van der Waals surface area contributed by atoms with E-state index in [-0.39, 0.29) is 5.54 Å². The second kappa shape index (κ2) is 10.6. The lowest BCUT2D eigenvalue weighted by Crippen LogP contribution is -2.74. The van der Waals surface area contributed by atoms with Crippen molar-refractivity contribution in [2.75, 3.05) is 4.90 Å². The summed E-state index contributed by atoms with van der Waals surface area (Å²) in [5.74, 6) is 0.568. The van der Waals surface area contributed by atoms with E-state index >= 15 is 0 Å². The van der Waals surface area contributed by atoms with Crippen molar-refractivity contribution in [1.82, 2.24) is 0 Å². The molecular weight excluding hydrogens is 499 g/mol. The summed E-state index contributed by atoms with van der Waals surface area (Å²) in [5.41, 5.74) is 5.65. The molecule has 1 heterocycles. The lowest BCUT2D eigenvalue weighted by atomic mass is 9.79. The molecule has 0 aromatic heterocycles. The smallest absolute Gasteiger partial charge is 0.179 e. The van der Waals surface area contributed by atoms with Crippen molar-refractivity contribution < 1.29 is 0 Å². The van der Waals surface area contributed by atoms with Crippen molar-refractivity contribution >= 4 is 34.5 Å². The fourth-order valence-electron chi connectivity index (χ4n) is 7.01. The zero-order valence-corrected chi connectivity index (χ0v) is 25.1. The average Bonchev–Trinajstić information content (AvgIpc) is 2.98. The molecule has 0 unspecified atom stereocenters. The summed E-state index contributed by atoms with van der Waals surface area (Å²) < 4.78 is 0. The van der Waals surface area contributed by atoms with Gasteiger partial charge in [-0.2, -0.15) is 0 Å². The number of aryl methyl sites for hydroxylation is 1. The van der Waals surface area contributed by atoms with Gasteiger partial charge in [-0.15, -0.1) is 0 Å². The minimum atomic E-state index is -2.49. The van der Waals surface area contributed by atoms with Crippen LogP contribution in [0, 0.1) is 6.92 Å². The number of nitrogens with zero attached hydrogens (tertiary/aromatic N) is 1. The molecule has 1 atom stereocenters. The molecule has 5 aromatic rings. The Labute approximate surface area is 241 Å². The highest BCUT2D eigenvalue weighted by Gasteiger charge is 2.41. The Morgan fingerprint density at radius 1 is 0.650 bits per heavy atom. The van der Waals surface area contributed by atoms with Crippen LogP contribution in [0.2, 0.25) is 0 Å². The first-order valence-electron chi connectivity index (χ1n) is 14.5. The van der Waals surface area contributed by atoms with Crippen molar-refractivity contribution in [2.24, 2.45) is 0 Å². The van der Waals surface area contributed by atoms with E-state index in [4.69, 9.17) is 0 Å². The van der Waals surface area contributed by atoms with E-state index < -0.39 is 8.07 Å². The Hall–Kier alpha value is -3.88. The minimum absolute atomic E-state index is 0.0928. The molecule has 0 amide bonds. The molecule has 1 aliphatic heterocycles. The molecule has 0 saturated heterocycles. The van der Waals surface area contributed by atoms with Gasteiger partial charge in [-0.05, 0) is 76.6 Å². The number of anilines is 1. The van der Waals surface area contributed by atoms with Crippen molar-refractivity contribution in [3.05, 3.63) is 150 Å². The standard InChI is InChI=1S/C38H39NSi/c1-29-20-25-36-30(2)27-38(3,4)39(37(36)26-29)28-31-21-23-35(24-22-31)40(32-14-8-5-9-15-32,33-16-10-6-11-17-33)34-18-12-7-13-19-34/h5-26,30H,27-28H2,1-4H3/t30-/m0/s1. The zero-order valence-electron chi connectivity index (χ0n) is 24.1. The maximum absolute atomic E-state index is 2.64. The van der Waals surface area contributed by atoms with Gasteiger partial charge in [-0.1, -0.05) is 134 Å². The van der Waals surface area contributed by atoms with Crippen molar-refractivity contribution in [3.63, 3.8) is 0 Å². The highest BCUT2D eigenvalue weighted by atomic mass is 28.3. The number of hydrogen-bond donors (Lipinski definition) is 0. The van der Waals surface area contributed by atoms with Crippen LogP contribution in [0.4, 0.5) is 5.69 Å². The second-order valence-corrected chi connectivity index (χ2v) is 15.9. The van der Waals surface area contributed by atoms with Crippen LogP contribution in [0.25, 0.3) is 0 Å². The first kappa shape index (κ1) is 26.3. The molecule has 200 valence electrons. The van der Waals surface area contributed by atoms with E-state index in [0.29, 0.717) is 5.92 Å². The summed E-state index contributed by atoms with van der Waals surface area (Å²) >= 11 is 0. The molecule has 0 N–H and O–H groups in total. The van der Waals surface area contributed by atoms with Crippen molar-refractivity contribution in [1.29, 1.82) is 0 Å². The van der Waals surface area contributed by atoms with Crippen molar-refractivity contribution in [3.8, 4) is 0 Å². The van der Waals surface area contributed by atoms with Crippen LogP contribution < -0.4 is 25.6 Å². The quantitative estimate of drug-likeness (QED) is 0.173. The molecule has 1 aliphatic rings. The second-order valence-electron chi connectivity index (χ2n) is 12.1. The number of fused-ring (bicyclic) bond motifs is 1. The van der Waals surface area contributed by atoms with Crippen LogP contribution >= 0.6 is 0 Å². The molecule has 1 nitrogen and oxygen atoms in total. The Morgan fingerprint density at radius 3 is 1.62 bits per heavy atom. The van der Waals surface area contributed by atoms with Crippen molar-refractivity contribution in [2.45, 2.75) is 52.1 Å². The molecule has 0 fully saturated rings. The molecule has 0 spiro atoms. The summed E-state index contributed by atoms with van der Waals surface area (Å²) in [5, 5.41) is 5.66. The van der Waals surface area contributed by atoms with Gasteiger partial charge in [0.25, 0.3) is 0 Å². The maximum Gasteiger partial charge on any atom is 0.179 e. The van der Waals surface area contributed by atoms with Gasteiger partial charge in [0.05, 0.1) is 0 Å². The van der Waals surface area contributed by atoms with Gasteiger partial charge in [-0.3, -0.25) is 0 Å². The SMILES string of the molecule is Cc1ccc2c(c1)N(Cc1ccc([Si](c3ccccc3)(c3ccccc3)c3ccccc3)cc1)C(C)(C)C[C@@H]2C. The van der Waals surface area contributed by atoms with E-state index in [1.54, 1.807) is 0 Å². The van der Waals surface area contributed by atoms with E-state index in [9.17, 15) is 0 Å². The number of benzene rings is 5. The third kappa shape index (κ3) is 4.61. The van der Waals surface area contributed by atoms with E-state index in [0.717, 1.165) is 13.0 Å². The lowest BCUT2D eigenvalue weighted by Gasteiger charge is -2.48. The van der Waals surface area contributed by atoms with Crippen LogP contribution in [0.15, 0.2) is 133 Å². The molecule has 2 heteroatoms. The van der Waals surface area contributed by atoms with Crippen LogP contribution in [-0.2, 0) is 6.54 Å². The van der Waals surface area contributed by atoms with Gasteiger partial charge in [0.2, 0.25) is 0 Å². The molecule has 0 saturated carbocycles. The Bertz CT molecular complexity index is 1480. The predicted molar refractivity (Wildman–Crippen MR) is 175 cm³/mol. The molecule has 0 radical (unpaired) electrons. The van der Waals surface area contributed by atoms with E-state index in [2.05, 4.69) is 166 Å². The summed E-state index contributed by atoms with van der Waals surface area (Å²) in [7, 11) is -2.49. The van der Waals surface area contributed by atoms with Gasteiger partial charge < -0.3 is 4.90 Å². The third-order valence-corrected chi connectivity index (χ3v) is 13.7. The lowest BCUT2D eigenvalue weighted by molar-refractivity contribution is 0.374. The molecule has 0 aliphatic carbocycles. The molecule has 6 rings (SSSR count). The summed E-state index contributed by atoms with van der Waals surface area (Å²) in [6, 6.07) is 50.1. The predicted octanol–water partition coefficient (Wildman–Crippen LogP) is 6.66. The first-order valence-corrected chi connectivity index (χ1v) is 16.5. The third-order valence-electron chi connectivity index (χ3n) is 8.89. The van der Waals surface area contributed by atoms with Crippen LogP contribution in [-0.4, -0.2) is 13.6 Å². The minimum Gasteiger partial charge on any atom is -0.362 e.